The molecule has 0 atom stereocenters. The van der Waals surface area contributed by atoms with Gasteiger partial charge in [-0.15, -0.1) is 0 Å². The first-order valence-electron chi connectivity index (χ1n) is 7.81. The topological polar surface area (TPSA) is 80.0 Å². The van der Waals surface area contributed by atoms with Gasteiger partial charge in [0.1, 0.15) is 11.4 Å². The minimum atomic E-state index is -5.10. The highest BCUT2D eigenvalue weighted by Gasteiger charge is 2.46. The van der Waals surface area contributed by atoms with Gasteiger partial charge in [-0.2, -0.15) is 18.2 Å². The quantitative estimate of drug-likeness (QED) is 0.561. The molecule has 26 heavy (non-hydrogen) atoms. The third kappa shape index (κ3) is 2.95. The highest BCUT2D eigenvalue weighted by atomic mass is 35.5. The molecule has 11 heteroatoms. The van der Waals surface area contributed by atoms with E-state index in [4.69, 9.17) is 23.1 Å². The fourth-order valence-electron chi connectivity index (χ4n) is 3.44. The molecule has 4 N–H and O–H groups in total. The second-order valence-electron chi connectivity index (χ2n) is 6.20. The van der Waals surface area contributed by atoms with E-state index >= 15 is 0 Å². The average Bonchev–Trinajstić information content (AvgIpc) is 2.53. The van der Waals surface area contributed by atoms with Gasteiger partial charge < -0.3 is 11.5 Å². The van der Waals surface area contributed by atoms with Crippen LogP contribution in [0.1, 0.15) is 37.7 Å². The first kappa shape index (κ1) is 18.7. The molecule has 1 aliphatic carbocycles. The van der Waals surface area contributed by atoms with E-state index in [0.29, 0.717) is 31.7 Å². The zero-order valence-corrected chi connectivity index (χ0v) is 14.1. The van der Waals surface area contributed by atoms with Crippen LogP contribution in [0.2, 0.25) is 5.02 Å². The average molecular weight is 396 g/mol. The van der Waals surface area contributed by atoms with Crippen LogP contribution in [0.15, 0.2) is 16.1 Å². The molecule has 1 aromatic carbocycles. The first-order chi connectivity index (χ1) is 12.1. The molecule has 0 amide bonds. The lowest BCUT2D eigenvalue weighted by Gasteiger charge is -2.45. The Hall–Kier alpha value is -2.10. The predicted molar refractivity (Wildman–Crippen MR) is 87.9 cm³/mol. The minimum Gasteiger partial charge on any atom is -0.369 e. The SMILES string of the molecule is NC1=NC2(CCCCC2)N(c2c(Cl)cc(C(F)(F)F)c(F)c2F)C(N)=N1. The molecule has 0 saturated heterocycles. The molecule has 1 saturated carbocycles. The number of guanidine groups is 2. The van der Waals surface area contributed by atoms with Gasteiger partial charge in [-0.1, -0.05) is 18.0 Å². The summed E-state index contributed by atoms with van der Waals surface area (Å²) in [7, 11) is 0. The van der Waals surface area contributed by atoms with Gasteiger partial charge in [-0.25, -0.2) is 13.8 Å². The number of aliphatic imine (C=N–C) groups is 2. The Morgan fingerprint density at radius 1 is 1.08 bits per heavy atom. The highest BCUT2D eigenvalue weighted by molar-refractivity contribution is 6.34. The summed E-state index contributed by atoms with van der Waals surface area (Å²) < 4.78 is 67.5. The standard InChI is InChI=1S/C15H15ClF5N5/c16-8-6-7(15(19,20)21)9(17)10(18)11(8)26-13(23)24-12(22)25-14(26)4-2-1-3-5-14/h6H,1-5H2,(H4,22,23,24,25). The van der Waals surface area contributed by atoms with Crippen LogP contribution in [0, 0.1) is 11.6 Å². The summed E-state index contributed by atoms with van der Waals surface area (Å²) in [6, 6.07) is 0.334. The Bertz CT molecular complexity index is 799. The second kappa shape index (κ2) is 6.26. The zero-order chi connectivity index (χ0) is 19.3. The van der Waals surface area contributed by atoms with Crippen LogP contribution < -0.4 is 16.4 Å². The fraction of sp³-hybridized carbons (Fsp3) is 0.467. The van der Waals surface area contributed by atoms with Crippen molar-refractivity contribution < 1.29 is 22.0 Å². The van der Waals surface area contributed by atoms with Crippen molar-refractivity contribution in [3.63, 3.8) is 0 Å². The maximum Gasteiger partial charge on any atom is 0.419 e. The molecule has 1 spiro atoms. The van der Waals surface area contributed by atoms with Crippen molar-refractivity contribution in [3.05, 3.63) is 28.3 Å². The number of halogens is 6. The molecule has 5 nitrogen and oxygen atoms in total. The fourth-order valence-corrected chi connectivity index (χ4v) is 3.72. The van der Waals surface area contributed by atoms with Gasteiger partial charge in [0.25, 0.3) is 0 Å². The van der Waals surface area contributed by atoms with Gasteiger partial charge in [-0.3, -0.25) is 4.90 Å². The van der Waals surface area contributed by atoms with E-state index in [1.807, 2.05) is 0 Å². The number of alkyl halides is 3. The summed E-state index contributed by atoms with van der Waals surface area (Å²) in [5, 5.41) is -0.644. The van der Waals surface area contributed by atoms with E-state index in [0.717, 1.165) is 11.3 Å². The molecule has 1 fully saturated rings. The van der Waals surface area contributed by atoms with Crippen LogP contribution in [-0.2, 0) is 6.18 Å². The van der Waals surface area contributed by atoms with Gasteiger partial charge in [-0.05, 0) is 31.7 Å². The van der Waals surface area contributed by atoms with Crippen molar-refractivity contribution in [2.45, 2.75) is 43.9 Å². The predicted octanol–water partition coefficient (Wildman–Crippen LogP) is 3.75. The maximum atomic E-state index is 14.7. The van der Waals surface area contributed by atoms with Gasteiger partial charge in [0, 0.05) is 0 Å². The zero-order valence-electron chi connectivity index (χ0n) is 13.4. The molecule has 142 valence electrons. The van der Waals surface area contributed by atoms with E-state index in [9.17, 15) is 22.0 Å². The van der Waals surface area contributed by atoms with Crippen molar-refractivity contribution in [2.24, 2.45) is 21.5 Å². The van der Waals surface area contributed by atoms with Crippen LogP contribution in [-0.4, -0.2) is 17.6 Å². The molecular formula is C15H15ClF5N5. The molecule has 1 heterocycles. The molecule has 1 aliphatic heterocycles. The van der Waals surface area contributed by atoms with Crippen molar-refractivity contribution >= 4 is 29.2 Å². The van der Waals surface area contributed by atoms with E-state index < -0.39 is 39.7 Å². The smallest absolute Gasteiger partial charge is 0.369 e. The van der Waals surface area contributed by atoms with Crippen molar-refractivity contribution in [1.29, 1.82) is 0 Å². The van der Waals surface area contributed by atoms with Crippen LogP contribution >= 0.6 is 11.6 Å². The van der Waals surface area contributed by atoms with Crippen LogP contribution in [0.3, 0.4) is 0 Å². The molecule has 1 aromatic rings. The van der Waals surface area contributed by atoms with Gasteiger partial charge in [0.15, 0.2) is 11.6 Å². The third-order valence-electron chi connectivity index (χ3n) is 4.51. The number of rotatable bonds is 1. The largest absolute Gasteiger partial charge is 0.419 e. The summed E-state index contributed by atoms with van der Waals surface area (Å²) in [5.74, 6) is -4.26. The Morgan fingerprint density at radius 3 is 2.27 bits per heavy atom. The molecule has 0 radical (unpaired) electrons. The Kier molecular flexibility index (Phi) is 4.50. The lowest BCUT2D eigenvalue weighted by molar-refractivity contribution is -0.140. The van der Waals surface area contributed by atoms with Crippen LogP contribution in [0.25, 0.3) is 0 Å². The van der Waals surface area contributed by atoms with E-state index in [2.05, 4.69) is 9.98 Å². The van der Waals surface area contributed by atoms with E-state index in [1.54, 1.807) is 0 Å². The lowest BCUT2D eigenvalue weighted by Crippen LogP contribution is -2.58. The molecule has 0 aromatic heterocycles. The monoisotopic (exact) mass is 395 g/mol. The van der Waals surface area contributed by atoms with Gasteiger partial charge >= 0.3 is 6.18 Å². The summed E-state index contributed by atoms with van der Waals surface area (Å²) in [6.07, 6.45) is -2.03. The normalized spacial score (nSPS) is 20.2. The maximum absolute atomic E-state index is 14.7. The van der Waals surface area contributed by atoms with Crippen molar-refractivity contribution in [2.75, 3.05) is 4.90 Å². The number of hydrogen-bond donors (Lipinski definition) is 2. The van der Waals surface area contributed by atoms with Gasteiger partial charge in [0.2, 0.25) is 11.9 Å². The summed E-state index contributed by atoms with van der Waals surface area (Å²) in [4.78, 5) is 9.06. The lowest BCUT2D eigenvalue weighted by atomic mass is 9.87. The number of benzene rings is 1. The molecule has 2 aliphatic rings. The third-order valence-corrected chi connectivity index (χ3v) is 4.80. The summed E-state index contributed by atoms with van der Waals surface area (Å²) in [6.45, 7) is 0. The highest BCUT2D eigenvalue weighted by Crippen LogP contribution is 2.45. The molecule has 3 rings (SSSR count). The molecular weight excluding hydrogens is 381 g/mol. The molecule has 0 unspecified atom stereocenters. The number of nitrogens with two attached hydrogens (primary N) is 2. The number of anilines is 1. The van der Waals surface area contributed by atoms with Crippen molar-refractivity contribution in [1.82, 2.24) is 0 Å². The number of nitrogens with zero attached hydrogens (tertiary/aromatic N) is 3. The number of hydrogen-bond acceptors (Lipinski definition) is 5. The summed E-state index contributed by atoms with van der Waals surface area (Å²) in [5.41, 5.74) is 7.94. The van der Waals surface area contributed by atoms with Crippen LogP contribution in [0.5, 0.6) is 0 Å². The molecule has 0 bridgehead atoms. The Balaban J connectivity index is 2.21. The van der Waals surface area contributed by atoms with E-state index in [1.165, 1.54) is 0 Å². The summed E-state index contributed by atoms with van der Waals surface area (Å²) >= 11 is 5.91. The Labute approximate surface area is 150 Å². The van der Waals surface area contributed by atoms with Crippen LogP contribution in [0.4, 0.5) is 27.6 Å². The van der Waals surface area contributed by atoms with Gasteiger partial charge in [0.05, 0.1) is 10.6 Å². The minimum absolute atomic E-state index is 0.135. The first-order valence-corrected chi connectivity index (χ1v) is 8.19. The van der Waals surface area contributed by atoms with Crippen molar-refractivity contribution in [3.8, 4) is 0 Å². The Morgan fingerprint density at radius 2 is 1.69 bits per heavy atom. The second-order valence-corrected chi connectivity index (χ2v) is 6.61. The van der Waals surface area contributed by atoms with E-state index in [-0.39, 0.29) is 11.9 Å².